The highest BCUT2D eigenvalue weighted by atomic mass is 32.1. The van der Waals surface area contributed by atoms with Gasteiger partial charge in [0.15, 0.2) is 6.61 Å². The molecule has 0 atom stereocenters. The van der Waals surface area contributed by atoms with E-state index < -0.39 is 0 Å². The number of ether oxygens (including phenoxy) is 3. The van der Waals surface area contributed by atoms with Crippen molar-refractivity contribution < 1.29 is 23.8 Å². The number of nitrogens with zero attached hydrogens (tertiary/aromatic N) is 2. The molecule has 1 aliphatic rings. The molecule has 2 aromatic carbocycles. The third kappa shape index (κ3) is 4.31. The third-order valence-corrected chi connectivity index (χ3v) is 5.57. The Morgan fingerprint density at radius 3 is 2.77 bits per heavy atom. The first kappa shape index (κ1) is 20.7. The van der Waals surface area contributed by atoms with Crippen molar-refractivity contribution in [3.63, 3.8) is 0 Å². The Morgan fingerprint density at radius 1 is 1.23 bits per heavy atom. The van der Waals surface area contributed by atoms with Crippen molar-refractivity contribution in [2.24, 2.45) is 0 Å². The number of thiazole rings is 1. The molecule has 0 saturated heterocycles. The molecule has 0 fully saturated rings. The number of fused-ring (bicyclic) bond motifs is 1. The summed E-state index contributed by atoms with van der Waals surface area (Å²) >= 11 is 1.55. The molecule has 1 N–H and O–H groups in total. The molecule has 1 aliphatic heterocycles. The quantitative estimate of drug-likeness (QED) is 0.632. The third-order valence-electron chi connectivity index (χ3n) is 4.80. The monoisotopic (exact) mass is 439 g/mol. The minimum absolute atomic E-state index is 0.124. The molecule has 160 valence electrons. The number of amides is 2. The van der Waals surface area contributed by atoms with Crippen LogP contribution in [0.25, 0.3) is 11.3 Å². The van der Waals surface area contributed by atoms with E-state index in [2.05, 4.69) is 10.3 Å². The highest BCUT2D eigenvalue weighted by molar-refractivity contribution is 7.09. The van der Waals surface area contributed by atoms with Gasteiger partial charge in [0.05, 0.1) is 36.3 Å². The smallest absolute Gasteiger partial charge is 0.265 e. The Balaban J connectivity index is 1.57. The first-order valence-corrected chi connectivity index (χ1v) is 10.4. The molecule has 0 saturated carbocycles. The molecule has 0 aliphatic carbocycles. The van der Waals surface area contributed by atoms with Gasteiger partial charge >= 0.3 is 0 Å². The number of carbonyl (C=O) groups excluding carboxylic acids is 2. The van der Waals surface area contributed by atoms with E-state index >= 15 is 0 Å². The molecule has 9 heteroatoms. The zero-order valence-corrected chi connectivity index (χ0v) is 18.1. The lowest BCUT2D eigenvalue weighted by molar-refractivity contribution is -0.123. The van der Waals surface area contributed by atoms with Crippen molar-refractivity contribution in [3.8, 4) is 28.5 Å². The fourth-order valence-corrected chi connectivity index (χ4v) is 3.89. The number of hydrogen-bond donors (Lipinski definition) is 1. The van der Waals surface area contributed by atoms with Gasteiger partial charge in [0.2, 0.25) is 5.91 Å². The predicted molar refractivity (Wildman–Crippen MR) is 118 cm³/mol. The molecule has 0 spiro atoms. The Bertz CT molecular complexity index is 1140. The maximum Gasteiger partial charge on any atom is 0.265 e. The van der Waals surface area contributed by atoms with E-state index in [1.807, 2.05) is 24.4 Å². The SMILES string of the molecule is COc1ccc(NC(=O)CN2C(=O)COc3ccc(-c4csc(C)n4)cc32)c(OC)c1. The summed E-state index contributed by atoms with van der Waals surface area (Å²) in [7, 11) is 3.06. The van der Waals surface area contributed by atoms with Crippen LogP contribution in [0.4, 0.5) is 11.4 Å². The van der Waals surface area contributed by atoms with Crippen LogP contribution in [-0.4, -0.2) is 44.2 Å². The molecule has 2 heterocycles. The van der Waals surface area contributed by atoms with Gasteiger partial charge in [-0.25, -0.2) is 4.98 Å². The van der Waals surface area contributed by atoms with Crippen LogP contribution >= 0.6 is 11.3 Å². The highest BCUT2D eigenvalue weighted by Gasteiger charge is 2.28. The summed E-state index contributed by atoms with van der Waals surface area (Å²) in [4.78, 5) is 31.3. The van der Waals surface area contributed by atoms with Crippen molar-refractivity contribution in [3.05, 3.63) is 46.8 Å². The van der Waals surface area contributed by atoms with Gasteiger partial charge in [0, 0.05) is 17.0 Å². The van der Waals surface area contributed by atoms with Crippen LogP contribution in [0, 0.1) is 6.92 Å². The first-order valence-electron chi connectivity index (χ1n) is 9.50. The fraction of sp³-hybridized carbons (Fsp3) is 0.227. The second kappa shape index (κ2) is 8.65. The molecule has 0 unspecified atom stereocenters. The molecule has 3 aromatic rings. The topological polar surface area (TPSA) is 90.0 Å². The number of hydrogen-bond acceptors (Lipinski definition) is 7. The van der Waals surface area contributed by atoms with Crippen LogP contribution in [0.1, 0.15) is 5.01 Å². The number of benzene rings is 2. The molecular formula is C22H21N3O5S. The van der Waals surface area contributed by atoms with Crippen molar-refractivity contribution in [2.45, 2.75) is 6.92 Å². The average Bonchev–Trinajstić information content (AvgIpc) is 3.22. The van der Waals surface area contributed by atoms with Crippen molar-refractivity contribution in [1.82, 2.24) is 4.98 Å². The summed E-state index contributed by atoms with van der Waals surface area (Å²) in [5.41, 5.74) is 2.69. The Kier molecular flexibility index (Phi) is 5.77. The van der Waals surface area contributed by atoms with Gasteiger partial charge in [-0.15, -0.1) is 11.3 Å². The lowest BCUT2D eigenvalue weighted by Crippen LogP contribution is -2.43. The number of methoxy groups -OCH3 is 2. The minimum Gasteiger partial charge on any atom is -0.497 e. The maximum absolute atomic E-state index is 12.8. The van der Waals surface area contributed by atoms with Gasteiger partial charge < -0.3 is 19.5 Å². The molecular weight excluding hydrogens is 418 g/mol. The maximum atomic E-state index is 12.8. The van der Waals surface area contributed by atoms with Crippen molar-refractivity contribution in [1.29, 1.82) is 0 Å². The lowest BCUT2D eigenvalue weighted by Gasteiger charge is -2.29. The van der Waals surface area contributed by atoms with E-state index in [0.717, 1.165) is 16.3 Å². The van der Waals surface area contributed by atoms with Crippen LogP contribution in [0.3, 0.4) is 0 Å². The second-order valence-electron chi connectivity index (χ2n) is 6.82. The molecule has 1 aromatic heterocycles. The van der Waals surface area contributed by atoms with Gasteiger partial charge in [-0.05, 0) is 37.3 Å². The summed E-state index contributed by atoms with van der Waals surface area (Å²) < 4.78 is 16.0. The van der Waals surface area contributed by atoms with E-state index in [9.17, 15) is 9.59 Å². The largest absolute Gasteiger partial charge is 0.497 e. The van der Waals surface area contributed by atoms with Gasteiger partial charge in [-0.2, -0.15) is 0 Å². The van der Waals surface area contributed by atoms with Gasteiger partial charge in [0.1, 0.15) is 23.8 Å². The predicted octanol–water partition coefficient (Wildman–Crippen LogP) is 3.50. The van der Waals surface area contributed by atoms with Crippen LogP contribution in [-0.2, 0) is 9.59 Å². The van der Waals surface area contributed by atoms with E-state index in [4.69, 9.17) is 14.2 Å². The summed E-state index contributed by atoms with van der Waals surface area (Å²) in [6.07, 6.45) is 0. The standard InChI is InChI=1S/C22H21N3O5S/c1-13-23-17(12-31-13)14-4-7-19-18(8-14)25(22(27)11-30-19)10-21(26)24-16-6-5-15(28-2)9-20(16)29-3/h4-9,12H,10-11H2,1-3H3,(H,24,26). The van der Waals surface area contributed by atoms with E-state index in [1.165, 1.54) is 12.0 Å². The summed E-state index contributed by atoms with van der Waals surface area (Å²) in [5, 5.41) is 5.70. The van der Waals surface area contributed by atoms with Crippen LogP contribution in [0.5, 0.6) is 17.2 Å². The highest BCUT2D eigenvalue weighted by Crippen LogP contribution is 2.36. The fourth-order valence-electron chi connectivity index (χ4n) is 3.27. The minimum atomic E-state index is -0.362. The van der Waals surface area contributed by atoms with Gasteiger partial charge in [-0.3, -0.25) is 14.5 Å². The Labute approximate surface area is 183 Å². The molecule has 8 nitrogen and oxygen atoms in total. The number of aryl methyl sites for hydroxylation is 1. The summed E-state index contributed by atoms with van der Waals surface area (Å²) in [6, 6.07) is 10.6. The molecule has 4 rings (SSSR count). The van der Waals surface area contributed by atoms with Gasteiger partial charge in [-0.1, -0.05) is 0 Å². The number of anilines is 2. The zero-order chi connectivity index (χ0) is 22.0. The normalized spacial score (nSPS) is 12.7. The van der Waals surface area contributed by atoms with Crippen molar-refractivity contribution in [2.75, 3.05) is 37.6 Å². The second-order valence-corrected chi connectivity index (χ2v) is 7.88. The zero-order valence-electron chi connectivity index (χ0n) is 17.3. The number of carbonyl (C=O) groups is 2. The summed E-state index contributed by atoms with van der Waals surface area (Å²) in [6.45, 7) is 1.65. The van der Waals surface area contributed by atoms with Crippen LogP contribution in [0.2, 0.25) is 0 Å². The Hall–Kier alpha value is -3.59. The number of rotatable bonds is 6. The average molecular weight is 439 g/mol. The lowest BCUT2D eigenvalue weighted by atomic mass is 10.1. The van der Waals surface area contributed by atoms with Gasteiger partial charge in [0.25, 0.3) is 5.91 Å². The van der Waals surface area contributed by atoms with E-state index in [0.29, 0.717) is 28.6 Å². The van der Waals surface area contributed by atoms with Crippen LogP contribution in [0.15, 0.2) is 41.8 Å². The van der Waals surface area contributed by atoms with E-state index in [-0.39, 0.29) is 25.0 Å². The molecule has 0 bridgehead atoms. The number of aromatic nitrogens is 1. The first-order chi connectivity index (χ1) is 15.0. The van der Waals surface area contributed by atoms with E-state index in [1.54, 1.807) is 42.7 Å². The molecule has 2 amide bonds. The number of nitrogens with one attached hydrogen (secondary N) is 1. The van der Waals surface area contributed by atoms with Crippen LogP contribution < -0.4 is 24.4 Å². The Morgan fingerprint density at radius 2 is 2.06 bits per heavy atom. The summed E-state index contributed by atoms with van der Waals surface area (Å²) in [5.74, 6) is 0.959. The van der Waals surface area contributed by atoms with Crippen molar-refractivity contribution >= 4 is 34.5 Å². The molecule has 31 heavy (non-hydrogen) atoms. The molecule has 0 radical (unpaired) electrons.